The first-order valence-corrected chi connectivity index (χ1v) is 9.85. The summed E-state index contributed by atoms with van der Waals surface area (Å²) < 4.78 is 4.90. The molecule has 31 heavy (non-hydrogen) atoms. The zero-order valence-corrected chi connectivity index (χ0v) is 17.0. The van der Waals surface area contributed by atoms with Crippen molar-refractivity contribution in [2.24, 2.45) is 0 Å². The molecule has 4 rings (SSSR count). The number of benzene rings is 1. The van der Waals surface area contributed by atoms with E-state index in [0.717, 1.165) is 16.8 Å². The minimum absolute atomic E-state index is 0.222. The van der Waals surface area contributed by atoms with Crippen LogP contribution in [-0.4, -0.2) is 33.6 Å². The first-order chi connectivity index (χ1) is 15.3. The Hall–Kier alpha value is -3.81. The minimum atomic E-state index is -1.15. The molecule has 1 aromatic carbocycles. The molecule has 156 valence electrons. The average molecular weight is 413 g/mol. The van der Waals surface area contributed by atoms with Crippen LogP contribution in [0, 0.1) is 0 Å². The molecule has 7 heteroatoms. The van der Waals surface area contributed by atoms with Crippen molar-refractivity contribution < 1.29 is 9.84 Å². The van der Waals surface area contributed by atoms with E-state index < -0.39 is 6.41 Å². The number of ether oxygens (including phenoxy) is 1. The van der Waals surface area contributed by atoms with Gasteiger partial charge in [0.2, 0.25) is 6.41 Å². The molecule has 0 spiro atoms. The van der Waals surface area contributed by atoms with Gasteiger partial charge in [-0.15, -0.1) is 0 Å². The highest BCUT2D eigenvalue weighted by Crippen LogP contribution is 2.38. The van der Waals surface area contributed by atoms with Crippen molar-refractivity contribution in [1.82, 2.24) is 15.0 Å². The molecule has 2 N–H and O–H groups in total. The molecular weight excluding hydrogens is 390 g/mol. The summed E-state index contributed by atoms with van der Waals surface area (Å²) in [6, 6.07) is 23.3. The molecule has 0 radical (unpaired) electrons. The second-order valence-corrected chi connectivity index (χ2v) is 6.79. The number of nitrogens with one attached hydrogen (secondary N) is 1. The third kappa shape index (κ3) is 4.85. The van der Waals surface area contributed by atoms with Gasteiger partial charge in [-0.05, 0) is 47.5 Å². The van der Waals surface area contributed by atoms with Crippen molar-refractivity contribution in [3.8, 4) is 0 Å². The Kier molecular flexibility index (Phi) is 6.47. The molecule has 0 aliphatic carbocycles. The molecular formula is C24H23N5O2. The van der Waals surface area contributed by atoms with Gasteiger partial charge in [-0.1, -0.05) is 36.4 Å². The highest BCUT2D eigenvalue weighted by Gasteiger charge is 2.26. The summed E-state index contributed by atoms with van der Waals surface area (Å²) in [4.78, 5) is 15.5. The largest absolute Gasteiger partial charge is 0.351 e. The highest BCUT2D eigenvalue weighted by atomic mass is 16.6. The number of nitrogens with zero attached hydrogens (tertiary/aromatic N) is 4. The normalized spacial score (nSPS) is 11.8. The standard InChI is InChI=1S/C24H23N5O2/c1-31-24(30)28-21-12-5-13-22(27-21)29(20-10-3-2-4-11-20)23(18-8-6-14-25-16-18)19-9-7-15-26-17-19/h2-17,23-24,30H,1H3,(H,27,28). The molecule has 4 aromatic rings. The van der Waals surface area contributed by atoms with E-state index in [4.69, 9.17) is 9.72 Å². The molecule has 1 unspecified atom stereocenters. The predicted molar refractivity (Wildman–Crippen MR) is 120 cm³/mol. The average Bonchev–Trinajstić information content (AvgIpc) is 2.84. The van der Waals surface area contributed by atoms with Gasteiger partial charge >= 0.3 is 0 Å². The Balaban J connectivity index is 1.87. The van der Waals surface area contributed by atoms with E-state index in [2.05, 4.69) is 20.2 Å². The molecule has 0 amide bonds. The quantitative estimate of drug-likeness (QED) is 0.420. The van der Waals surface area contributed by atoms with Crippen LogP contribution in [0.15, 0.2) is 97.6 Å². The van der Waals surface area contributed by atoms with Gasteiger partial charge in [0.15, 0.2) is 0 Å². The first kappa shape index (κ1) is 20.5. The summed E-state index contributed by atoms with van der Waals surface area (Å²) in [6.07, 6.45) is 6.06. The summed E-state index contributed by atoms with van der Waals surface area (Å²) in [5.41, 5.74) is 2.95. The number of hydrogen-bond donors (Lipinski definition) is 2. The van der Waals surface area contributed by atoms with Crippen LogP contribution < -0.4 is 10.2 Å². The van der Waals surface area contributed by atoms with Gasteiger partial charge in [0.05, 0.1) is 6.04 Å². The van der Waals surface area contributed by atoms with Gasteiger partial charge in [-0.2, -0.15) is 0 Å². The van der Waals surface area contributed by atoms with E-state index in [1.807, 2.05) is 79.1 Å². The summed E-state index contributed by atoms with van der Waals surface area (Å²) >= 11 is 0. The lowest BCUT2D eigenvalue weighted by atomic mass is 9.99. The summed E-state index contributed by atoms with van der Waals surface area (Å²) in [5, 5.41) is 12.6. The number of hydrogen-bond acceptors (Lipinski definition) is 7. The van der Waals surface area contributed by atoms with E-state index in [1.54, 1.807) is 18.5 Å². The number of aliphatic hydroxyl groups excluding tert-OH is 1. The smallest absolute Gasteiger partial charge is 0.236 e. The van der Waals surface area contributed by atoms with Crippen LogP contribution in [-0.2, 0) is 4.74 Å². The summed E-state index contributed by atoms with van der Waals surface area (Å²) in [7, 11) is 1.42. The molecule has 0 aliphatic rings. The van der Waals surface area contributed by atoms with E-state index in [-0.39, 0.29) is 6.04 Å². The number of rotatable bonds is 8. The fraction of sp³-hybridized carbons (Fsp3) is 0.125. The van der Waals surface area contributed by atoms with Crippen LogP contribution in [0.5, 0.6) is 0 Å². The Morgan fingerprint density at radius 3 is 2.10 bits per heavy atom. The van der Waals surface area contributed by atoms with Gasteiger partial charge < -0.3 is 20.1 Å². The van der Waals surface area contributed by atoms with Crippen molar-refractivity contribution in [2.75, 3.05) is 17.3 Å². The molecule has 0 saturated carbocycles. The molecule has 1 atom stereocenters. The second kappa shape index (κ2) is 9.80. The number of para-hydroxylation sites is 1. The second-order valence-electron chi connectivity index (χ2n) is 6.79. The maximum atomic E-state index is 9.82. The van der Waals surface area contributed by atoms with Crippen LogP contribution in [0.25, 0.3) is 0 Å². The SMILES string of the molecule is COC(O)Nc1cccc(N(c2ccccc2)C(c2cccnc2)c2cccnc2)n1. The van der Waals surface area contributed by atoms with E-state index in [0.29, 0.717) is 11.6 Å². The first-order valence-electron chi connectivity index (χ1n) is 9.85. The Bertz CT molecular complexity index is 1040. The van der Waals surface area contributed by atoms with Gasteiger partial charge in [0.25, 0.3) is 0 Å². The lowest BCUT2D eigenvalue weighted by Gasteiger charge is -2.33. The Morgan fingerprint density at radius 2 is 1.52 bits per heavy atom. The van der Waals surface area contributed by atoms with Crippen molar-refractivity contribution >= 4 is 17.3 Å². The third-order valence-corrected chi connectivity index (χ3v) is 4.77. The van der Waals surface area contributed by atoms with Crippen LogP contribution in [0.3, 0.4) is 0 Å². The molecule has 7 nitrogen and oxygen atoms in total. The van der Waals surface area contributed by atoms with Crippen molar-refractivity contribution in [3.05, 3.63) is 109 Å². The maximum absolute atomic E-state index is 9.82. The van der Waals surface area contributed by atoms with E-state index in [9.17, 15) is 5.11 Å². The number of pyridine rings is 3. The van der Waals surface area contributed by atoms with Gasteiger partial charge in [-0.25, -0.2) is 4.98 Å². The van der Waals surface area contributed by atoms with Crippen LogP contribution in [0.1, 0.15) is 17.2 Å². The molecule has 0 saturated heterocycles. The maximum Gasteiger partial charge on any atom is 0.236 e. The fourth-order valence-electron chi connectivity index (χ4n) is 3.39. The molecule has 3 aromatic heterocycles. The van der Waals surface area contributed by atoms with E-state index >= 15 is 0 Å². The zero-order valence-electron chi connectivity index (χ0n) is 17.0. The highest BCUT2D eigenvalue weighted by molar-refractivity contribution is 5.65. The summed E-state index contributed by atoms with van der Waals surface area (Å²) in [5.74, 6) is 1.18. The molecule has 0 fully saturated rings. The molecule has 0 bridgehead atoms. The Labute approximate surface area is 181 Å². The number of aromatic nitrogens is 3. The lowest BCUT2D eigenvalue weighted by Crippen LogP contribution is -2.27. The fourth-order valence-corrected chi connectivity index (χ4v) is 3.39. The zero-order chi connectivity index (χ0) is 21.5. The van der Waals surface area contributed by atoms with Crippen LogP contribution in [0.4, 0.5) is 17.3 Å². The molecule has 3 heterocycles. The van der Waals surface area contributed by atoms with Crippen molar-refractivity contribution in [2.45, 2.75) is 12.5 Å². The minimum Gasteiger partial charge on any atom is -0.351 e. The predicted octanol–water partition coefficient (Wildman–Crippen LogP) is 4.13. The van der Waals surface area contributed by atoms with Gasteiger partial charge in [0, 0.05) is 37.6 Å². The number of anilines is 3. The monoisotopic (exact) mass is 413 g/mol. The number of aliphatic hydroxyl groups is 1. The molecule has 0 aliphatic heterocycles. The topological polar surface area (TPSA) is 83.4 Å². The lowest BCUT2D eigenvalue weighted by molar-refractivity contribution is -0.0512. The van der Waals surface area contributed by atoms with Gasteiger partial charge in [-0.3, -0.25) is 9.97 Å². The van der Waals surface area contributed by atoms with Crippen LogP contribution >= 0.6 is 0 Å². The van der Waals surface area contributed by atoms with E-state index in [1.165, 1.54) is 7.11 Å². The van der Waals surface area contributed by atoms with Crippen molar-refractivity contribution in [1.29, 1.82) is 0 Å². The Morgan fingerprint density at radius 1 is 0.839 bits per heavy atom. The number of methoxy groups -OCH3 is 1. The van der Waals surface area contributed by atoms with Crippen LogP contribution in [0.2, 0.25) is 0 Å². The third-order valence-electron chi connectivity index (χ3n) is 4.77. The van der Waals surface area contributed by atoms with Gasteiger partial charge in [0.1, 0.15) is 11.6 Å². The summed E-state index contributed by atoms with van der Waals surface area (Å²) in [6.45, 7) is 0. The van der Waals surface area contributed by atoms with Crippen molar-refractivity contribution in [3.63, 3.8) is 0 Å².